The molecule has 3 N–H and O–H groups in total. The molecule has 146 valence electrons. The number of carbonyl (C=O) groups excluding carboxylic acids is 2. The number of carboxylic acid groups (broad SMARTS) is 1. The Balaban J connectivity index is 1.59. The van der Waals surface area contributed by atoms with Crippen LogP contribution in [0.2, 0.25) is 0 Å². The summed E-state index contributed by atoms with van der Waals surface area (Å²) in [5.41, 5.74) is 0.869. The molecule has 0 radical (unpaired) electrons. The second-order valence-electron chi connectivity index (χ2n) is 7.54. The maximum atomic E-state index is 12.5. The maximum Gasteiger partial charge on any atom is 0.321 e. The van der Waals surface area contributed by atoms with Gasteiger partial charge in [0.15, 0.2) is 0 Å². The van der Waals surface area contributed by atoms with E-state index in [4.69, 9.17) is 0 Å². The zero-order valence-electron chi connectivity index (χ0n) is 15.7. The minimum Gasteiger partial charge on any atom is -0.481 e. The molecule has 3 rings (SSSR count). The summed E-state index contributed by atoms with van der Waals surface area (Å²) < 4.78 is 0. The quantitative estimate of drug-likeness (QED) is 0.752. The molecule has 8 heteroatoms. The summed E-state index contributed by atoms with van der Waals surface area (Å²) in [5.74, 6) is -0.872. The number of likely N-dealkylation sites (tertiary alicyclic amines) is 1. The van der Waals surface area contributed by atoms with Gasteiger partial charge in [-0.3, -0.25) is 9.69 Å². The number of amides is 4. The fraction of sp³-hybridized carbons (Fsp3) is 0.526. The molecule has 4 amide bonds. The Labute approximate surface area is 158 Å². The summed E-state index contributed by atoms with van der Waals surface area (Å²) in [5, 5.41) is 15.0. The lowest BCUT2D eigenvalue weighted by Crippen LogP contribution is -2.46. The maximum absolute atomic E-state index is 12.5. The number of hydrogen-bond donors (Lipinski definition) is 3. The van der Waals surface area contributed by atoms with Crippen molar-refractivity contribution >= 4 is 23.7 Å². The van der Waals surface area contributed by atoms with Crippen molar-refractivity contribution in [1.29, 1.82) is 0 Å². The van der Waals surface area contributed by atoms with Gasteiger partial charge in [-0.15, -0.1) is 0 Å². The van der Waals surface area contributed by atoms with E-state index in [-0.39, 0.29) is 24.6 Å². The molecular formula is C19H26N4O4. The monoisotopic (exact) mass is 374 g/mol. The number of aliphatic carboxylic acids is 1. The molecule has 2 unspecified atom stereocenters. The van der Waals surface area contributed by atoms with Gasteiger partial charge in [0.05, 0.1) is 11.5 Å². The van der Waals surface area contributed by atoms with Crippen LogP contribution in [-0.2, 0) is 4.79 Å². The first-order chi connectivity index (χ1) is 12.8. The second kappa shape index (κ2) is 7.46. The Bertz CT molecular complexity index is 736. The van der Waals surface area contributed by atoms with E-state index >= 15 is 0 Å². The highest BCUT2D eigenvalue weighted by molar-refractivity contribution is 5.92. The summed E-state index contributed by atoms with van der Waals surface area (Å²) >= 11 is 0. The third-order valence-electron chi connectivity index (χ3n) is 5.40. The molecule has 2 fully saturated rings. The molecule has 2 aliphatic heterocycles. The van der Waals surface area contributed by atoms with Crippen LogP contribution in [0.4, 0.5) is 15.3 Å². The SMILES string of the molecule is CC(NC(=O)N1CCC(C)(C(=O)O)C1)c1ccc(N2CCCNC2=O)cc1. The average molecular weight is 374 g/mol. The van der Waals surface area contributed by atoms with Crippen LogP contribution in [0.25, 0.3) is 0 Å². The number of carbonyl (C=O) groups is 3. The van der Waals surface area contributed by atoms with Crippen LogP contribution in [0, 0.1) is 5.41 Å². The van der Waals surface area contributed by atoms with Crippen molar-refractivity contribution in [3.05, 3.63) is 29.8 Å². The summed E-state index contributed by atoms with van der Waals surface area (Å²) in [7, 11) is 0. The minimum absolute atomic E-state index is 0.0918. The van der Waals surface area contributed by atoms with Crippen molar-refractivity contribution in [3.63, 3.8) is 0 Å². The topological polar surface area (TPSA) is 102 Å². The Morgan fingerprint density at radius 1 is 1.26 bits per heavy atom. The van der Waals surface area contributed by atoms with Gasteiger partial charge >= 0.3 is 18.0 Å². The first-order valence-corrected chi connectivity index (χ1v) is 9.24. The van der Waals surface area contributed by atoms with Gasteiger partial charge in [-0.25, -0.2) is 9.59 Å². The zero-order valence-corrected chi connectivity index (χ0v) is 15.7. The molecule has 2 atom stereocenters. The number of nitrogens with zero attached hydrogens (tertiary/aromatic N) is 2. The molecule has 2 aliphatic rings. The molecule has 1 aromatic rings. The van der Waals surface area contributed by atoms with E-state index in [1.54, 1.807) is 16.7 Å². The molecule has 0 bridgehead atoms. The Morgan fingerprint density at radius 3 is 2.56 bits per heavy atom. The minimum atomic E-state index is -0.878. The zero-order chi connectivity index (χ0) is 19.6. The summed E-state index contributed by atoms with van der Waals surface area (Å²) in [6.07, 6.45) is 1.36. The van der Waals surface area contributed by atoms with Crippen LogP contribution in [0.15, 0.2) is 24.3 Å². The molecule has 2 saturated heterocycles. The Kier molecular flexibility index (Phi) is 5.25. The van der Waals surface area contributed by atoms with Crippen LogP contribution < -0.4 is 15.5 Å². The van der Waals surface area contributed by atoms with Gasteiger partial charge in [0.25, 0.3) is 0 Å². The van der Waals surface area contributed by atoms with Crippen LogP contribution in [0.5, 0.6) is 0 Å². The molecule has 0 saturated carbocycles. The molecule has 0 aromatic heterocycles. The predicted molar refractivity (Wildman–Crippen MR) is 101 cm³/mol. The van der Waals surface area contributed by atoms with Crippen molar-refractivity contribution in [3.8, 4) is 0 Å². The number of hydrogen-bond acceptors (Lipinski definition) is 3. The van der Waals surface area contributed by atoms with Crippen LogP contribution in [-0.4, -0.2) is 54.2 Å². The van der Waals surface area contributed by atoms with E-state index in [2.05, 4.69) is 10.6 Å². The molecule has 8 nitrogen and oxygen atoms in total. The van der Waals surface area contributed by atoms with Gasteiger partial charge in [-0.2, -0.15) is 0 Å². The normalized spacial score (nSPS) is 23.7. The van der Waals surface area contributed by atoms with Gasteiger partial charge < -0.3 is 20.6 Å². The van der Waals surface area contributed by atoms with Crippen LogP contribution in [0.1, 0.15) is 38.3 Å². The van der Waals surface area contributed by atoms with Crippen LogP contribution >= 0.6 is 0 Å². The number of anilines is 1. The van der Waals surface area contributed by atoms with Gasteiger partial charge in [-0.05, 0) is 44.4 Å². The van der Waals surface area contributed by atoms with E-state index in [1.807, 2.05) is 31.2 Å². The second-order valence-corrected chi connectivity index (χ2v) is 7.54. The highest BCUT2D eigenvalue weighted by atomic mass is 16.4. The number of rotatable bonds is 4. The lowest BCUT2D eigenvalue weighted by atomic mass is 9.90. The van der Waals surface area contributed by atoms with E-state index in [9.17, 15) is 19.5 Å². The molecule has 0 aliphatic carbocycles. The van der Waals surface area contributed by atoms with E-state index in [0.717, 1.165) is 17.7 Å². The van der Waals surface area contributed by atoms with Crippen molar-refractivity contribution in [2.24, 2.45) is 5.41 Å². The van der Waals surface area contributed by atoms with E-state index in [1.165, 1.54) is 0 Å². The summed E-state index contributed by atoms with van der Waals surface area (Å²) in [4.78, 5) is 39.0. The largest absolute Gasteiger partial charge is 0.481 e. The van der Waals surface area contributed by atoms with Crippen LogP contribution in [0.3, 0.4) is 0 Å². The number of nitrogens with one attached hydrogen (secondary N) is 2. The number of carboxylic acids is 1. The first kappa shape index (κ1) is 19.0. The van der Waals surface area contributed by atoms with Gasteiger partial charge in [0.2, 0.25) is 0 Å². The van der Waals surface area contributed by atoms with Gasteiger partial charge in [-0.1, -0.05) is 12.1 Å². The third kappa shape index (κ3) is 3.99. The first-order valence-electron chi connectivity index (χ1n) is 9.24. The number of benzene rings is 1. The molecule has 1 aromatic carbocycles. The van der Waals surface area contributed by atoms with Crippen molar-refractivity contribution in [2.75, 3.05) is 31.1 Å². The van der Waals surface area contributed by atoms with Gasteiger partial charge in [0, 0.05) is 31.9 Å². The van der Waals surface area contributed by atoms with Crippen molar-refractivity contribution < 1.29 is 19.5 Å². The fourth-order valence-electron chi connectivity index (χ4n) is 3.49. The lowest BCUT2D eigenvalue weighted by molar-refractivity contribution is -0.147. The van der Waals surface area contributed by atoms with Crippen molar-refractivity contribution in [1.82, 2.24) is 15.5 Å². The predicted octanol–water partition coefficient (Wildman–Crippen LogP) is 2.17. The van der Waals surface area contributed by atoms with E-state index in [0.29, 0.717) is 26.1 Å². The lowest BCUT2D eigenvalue weighted by Gasteiger charge is -2.28. The highest BCUT2D eigenvalue weighted by Gasteiger charge is 2.42. The Hall–Kier alpha value is -2.77. The molecule has 0 spiro atoms. The number of urea groups is 2. The molecule has 2 heterocycles. The molecular weight excluding hydrogens is 348 g/mol. The standard InChI is InChI=1S/C19H26N4O4/c1-13(21-18(27)22-11-8-19(2,12-22)16(24)25)14-4-6-15(7-5-14)23-10-3-9-20-17(23)26/h4-7,13H,3,8-12H2,1-2H3,(H,20,26)(H,21,27)(H,24,25). The third-order valence-corrected chi connectivity index (χ3v) is 5.40. The Morgan fingerprint density at radius 2 is 1.96 bits per heavy atom. The van der Waals surface area contributed by atoms with Gasteiger partial charge in [0.1, 0.15) is 0 Å². The highest BCUT2D eigenvalue weighted by Crippen LogP contribution is 2.30. The molecule has 27 heavy (non-hydrogen) atoms. The average Bonchev–Trinajstić information content (AvgIpc) is 3.06. The smallest absolute Gasteiger partial charge is 0.321 e. The van der Waals surface area contributed by atoms with Crippen molar-refractivity contribution in [2.45, 2.75) is 32.7 Å². The summed E-state index contributed by atoms with van der Waals surface area (Å²) in [6, 6.07) is 6.97. The summed E-state index contributed by atoms with van der Waals surface area (Å²) in [6.45, 7) is 5.59. The fourth-order valence-corrected chi connectivity index (χ4v) is 3.49. The van der Waals surface area contributed by atoms with E-state index < -0.39 is 11.4 Å².